The molecule has 0 N–H and O–H groups in total. The van der Waals surface area contributed by atoms with Crippen LogP contribution in [-0.4, -0.2) is 18.2 Å². The number of aromatic nitrogens is 1. The summed E-state index contributed by atoms with van der Waals surface area (Å²) in [5.41, 5.74) is 5.37. The molecular weight excluding hydrogens is 382 g/mol. The van der Waals surface area contributed by atoms with Gasteiger partial charge in [-0.2, -0.15) is 0 Å². The van der Waals surface area contributed by atoms with Gasteiger partial charge >= 0.3 is 0 Å². The predicted octanol–water partition coefficient (Wildman–Crippen LogP) is 6.62. The largest absolute Gasteiger partial charge is 0.486 e. The number of pyridine rings is 1. The first kappa shape index (κ1) is 19.2. The minimum atomic E-state index is -0.168. The van der Waals surface area contributed by atoms with Crippen LogP contribution >= 0.6 is 0 Å². The summed E-state index contributed by atoms with van der Waals surface area (Å²) in [5, 5.41) is 2.47. The van der Waals surface area contributed by atoms with E-state index in [4.69, 9.17) is 14.5 Å². The van der Waals surface area contributed by atoms with Crippen molar-refractivity contribution in [1.29, 1.82) is 0 Å². The van der Waals surface area contributed by atoms with Crippen molar-refractivity contribution in [3.8, 4) is 11.5 Å². The Kier molecular flexibility index (Phi) is 4.00. The van der Waals surface area contributed by atoms with Gasteiger partial charge in [0.25, 0.3) is 0 Å². The highest BCUT2D eigenvalue weighted by molar-refractivity contribution is 6.03. The van der Waals surface area contributed by atoms with Gasteiger partial charge in [0.2, 0.25) is 0 Å². The first-order valence-electron chi connectivity index (χ1n) is 11.8. The van der Waals surface area contributed by atoms with Crippen LogP contribution in [0.15, 0.2) is 48.2 Å². The number of rotatable bonds is 3. The summed E-state index contributed by atoms with van der Waals surface area (Å²) < 4.78 is 12.2. The van der Waals surface area contributed by atoms with Gasteiger partial charge in [-0.1, -0.05) is 52.0 Å². The third-order valence-electron chi connectivity index (χ3n) is 8.14. The summed E-state index contributed by atoms with van der Waals surface area (Å²) in [6, 6.07) is 4.28. The molecule has 4 aliphatic rings. The molecule has 160 valence electrons. The maximum absolute atomic E-state index is 6.22. The quantitative estimate of drug-likeness (QED) is 0.530. The average Bonchev–Trinajstić information content (AvgIpc) is 3.44. The smallest absolute Gasteiger partial charge is 0.166 e. The van der Waals surface area contributed by atoms with E-state index < -0.39 is 0 Å². The molecule has 2 heterocycles. The van der Waals surface area contributed by atoms with Crippen molar-refractivity contribution in [3.05, 3.63) is 59.5 Å². The zero-order valence-corrected chi connectivity index (χ0v) is 19.0. The van der Waals surface area contributed by atoms with Crippen LogP contribution in [0, 0.1) is 17.3 Å². The van der Waals surface area contributed by atoms with Gasteiger partial charge in [0.05, 0.1) is 5.69 Å². The Morgan fingerprint density at radius 3 is 2.81 bits per heavy atom. The predicted molar refractivity (Wildman–Crippen MR) is 126 cm³/mol. The van der Waals surface area contributed by atoms with Gasteiger partial charge in [-0.15, -0.1) is 0 Å². The summed E-state index contributed by atoms with van der Waals surface area (Å²) in [7, 11) is 0. The van der Waals surface area contributed by atoms with E-state index in [1.165, 1.54) is 33.9 Å². The van der Waals surface area contributed by atoms with Crippen molar-refractivity contribution in [2.75, 3.05) is 13.2 Å². The summed E-state index contributed by atoms with van der Waals surface area (Å²) in [6.07, 6.45) is 15.1. The molecule has 0 bridgehead atoms. The van der Waals surface area contributed by atoms with Crippen LogP contribution in [0.25, 0.3) is 16.3 Å². The van der Waals surface area contributed by atoms with Crippen LogP contribution in [-0.2, 0) is 5.41 Å². The van der Waals surface area contributed by atoms with Crippen molar-refractivity contribution in [1.82, 2.24) is 4.98 Å². The molecule has 3 unspecified atom stereocenters. The summed E-state index contributed by atoms with van der Waals surface area (Å²) in [4.78, 5) is 5.02. The maximum Gasteiger partial charge on any atom is 0.166 e. The van der Waals surface area contributed by atoms with Crippen LogP contribution in [0.5, 0.6) is 11.5 Å². The van der Waals surface area contributed by atoms with E-state index >= 15 is 0 Å². The monoisotopic (exact) mass is 413 g/mol. The van der Waals surface area contributed by atoms with Gasteiger partial charge < -0.3 is 9.47 Å². The fourth-order valence-corrected chi connectivity index (χ4v) is 6.47. The number of hydrogen-bond acceptors (Lipinski definition) is 3. The van der Waals surface area contributed by atoms with Crippen LogP contribution in [0.1, 0.15) is 58.2 Å². The van der Waals surface area contributed by atoms with Crippen molar-refractivity contribution in [2.24, 2.45) is 17.3 Å². The maximum atomic E-state index is 6.22. The van der Waals surface area contributed by atoms with E-state index in [-0.39, 0.29) is 10.8 Å². The Hall–Kier alpha value is -2.55. The normalized spacial score (nSPS) is 30.1. The van der Waals surface area contributed by atoms with Crippen molar-refractivity contribution in [3.63, 3.8) is 0 Å². The molecule has 6 rings (SSSR count). The molecule has 3 nitrogen and oxygen atoms in total. The second kappa shape index (κ2) is 6.48. The van der Waals surface area contributed by atoms with Gasteiger partial charge in [-0.3, -0.25) is 4.98 Å². The summed E-state index contributed by atoms with van der Waals surface area (Å²) in [5.74, 6) is 2.98. The van der Waals surface area contributed by atoms with E-state index in [0.29, 0.717) is 25.0 Å². The molecule has 1 aromatic heterocycles. The van der Waals surface area contributed by atoms with Crippen LogP contribution in [0.4, 0.5) is 0 Å². The Balaban J connectivity index is 1.65. The minimum absolute atomic E-state index is 0.168. The summed E-state index contributed by atoms with van der Waals surface area (Å²) >= 11 is 0. The van der Waals surface area contributed by atoms with Crippen LogP contribution < -0.4 is 9.47 Å². The minimum Gasteiger partial charge on any atom is -0.486 e. The molecule has 1 fully saturated rings. The average molecular weight is 414 g/mol. The van der Waals surface area contributed by atoms with E-state index in [9.17, 15) is 0 Å². The van der Waals surface area contributed by atoms with Crippen molar-refractivity contribution < 1.29 is 9.47 Å². The molecule has 3 heteroatoms. The third-order valence-corrected chi connectivity index (χ3v) is 8.14. The van der Waals surface area contributed by atoms with Gasteiger partial charge in [0.1, 0.15) is 13.2 Å². The lowest BCUT2D eigenvalue weighted by atomic mass is 9.62. The lowest BCUT2D eigenvalue weighted by Crippen LogP contribution is -2.32. The lowest BCUT2D eigenvalue weighted by Gasteiger charge is -2.42. The molecule has 1 saturated carbocycles. The first-order chi connectivity index (χ1) is 15.0. The molecule has 1 aliphatic heterocycles. The molecule has 3 aliphatic carbocycles. The lowest BCUT2D eigenvalue weighted by molar-refractivity contribution is 0.169. The highest BCUT2D eigenvalue weighted by Gasteiger charge is 2.57. The fraction of sp³-hybridized carbons (Fsp3) is 0.464. The number of allylic oxidation sites excluding steroid dienone is 6. The van der Waals surface area contributed by atoms with Crippen LogP contribution in [0.2, 0.25) is 0 Å². The van der Waals surface area contributed by atoms with Crippen molar-refractivity contribution in [2.45, 2.75) is 52.4 Å². The number of benzene rings is 1. The number of fused-ring (bicyclic) bond motifs is 3. The molecule has 3 atom stereocenters. The van der Waals surface area contributed by atoms with Gasteiger partial charge in [-0.05, 0) is 65.2 Å². The molecular formula is C28H31NO2. The second-order valence-electron chi connectivity index (χ2n) is 10.2. The fourth-order valence-electron chi connectivity index (χ4n) is 6.47. The Bertz CT molecular complexity index is 1190. The third kappa shape index (κ3) is 2.49. The molecule has 0 radical (unpaired) electrons. The molecule has 1 aromatic carbocycles. The van der Waals surface area contributed by atoms with Gasteiger partial charge in [0, 0.05) is 22.6 Å². The molecule has 2 aromatic rings. The molecule has 31 heavy (non-hydrogen) atoms. The SMILES string of the molecule is CCC=CC1(C2CC=CC3=C2c2nccc4cc5c(c(c24)C3(C)C)OCCO5)CC1C. The number of hydrogen-bond donors (Lipinski definition) is 0. The summed E-state index contributed by atoms with van der Waals surface area (Å²) in [6.45, 7) is 10.6. The van der Waals surface area contributed by atoms with E-state index in [0.717, 1.165) is 30.0 Å². The Morgan fingerprint density at radius 1 is 1.23 bits per heavy atom. The number of ether oxygens (including phenoxy) is 2. The van der Waals surface area contributed by atoms with E-state index in [1.54, 1.807) is 0 Å². The Morgan fingerprint density at radius 2 is 2.03 bits per heavy atom. The first-order valence-corrected chi connectivity index (χ1v) is 11.8. The zero-order valence-electron chi connectivity index (χ0n) is 19.0. The van der Waals surface area contributed by atoms with Gasteiger partial charge in [0.15, 0.2) is 11.5 Å². The molecule has 0 saturated heterocycles. The number of nitrogens with zero attached hydrogens (tertiary/aromatic N) is 1. The van der Waals surface area contributed by atoms with Gasteiger partial charge in [-0.25, -0.2) is 0 Å². The molecule has 0 amide bonds. The van der Waals surface area contributed by atoms with Crippen LogP contribution in [0.3, 0.4) is 0 Å². The van der Waals surface area contributed by atoms with Crippen molar-refractivity contribution >= 4 is 16.3 Å². The highest BCUT2D eigenvalue weighted by Crippen LogP contribution is 2.66. The second-order valence-corrected chi connectivity index (χ2v) is 10.2. The topological polar surface area (TPSA) is 31.4 Å². The zero-order chi connectivity index (χ0) is 21.4. The molecule has 0 spiro atoms. The standard InChI is InChI=1S/C28H31NO2/c1-5-6-11-28(16-17(28)2)20-9-7-8-19-23(20)25-22-18(10-12-29-25)15-21-26(31-14-13-30-21)24(22)27(19,3)4/h6-8,10-12,15,17,20H,5,9,13-14,16H2,1-4H3. The van der Waals surface area contributed by atoms with E-state index in [2.05, 4.69) is 64.1 Å². The highest BCUT2D eigenvalue weighted by atomic mass is 16.6. The van der Waals surface area contributed by atoms with E-state index in [1.807, 2.05) is 6.20 Å². The Labute approximate surface area is 184 Å².